The molecular weight excluding hydrogens is 331 g/mol. The van der Waals surface area contributed by atoms with Crippen LogP contribution in [-0.4, -0.2) is 48.1 Å². The summed E-state index contributed by atoms with van der Waals surface area (Å²) in [5, 5.41) is 3.06. The number of halogens is 3. The van der Waals surface area contributed by atoms with E-state index in [1.54, 1.807) is 6.07 Å². The molecule has 1 aliphatic rings. The lowest BCUT2D eigenvalue weighted by Crippen LogP contribution is -2.45. The molecule has 1 aromatic carbocycles. The maximum Gasteiger partial charge on any atom is 0.416 e. The van der Waals surface area contributed by atoms with Crippen molar-refractivity contribution in [3.8, 4) is 0 Å². The van der Waals surface area contributed by atoms with Crippen molar-refractivity contribution in [1.29, 1.82) is 0 Å². The van der Waals surface area contributed by atoms with Crippen molar-refractivity contribution in [3.05, 3.63) is 41.6 Å². The maximum absolute atomic E-state index is 12.6. The lowest BCUT2D eigenvalue weighted by atomic mass is 10.2. The fourth-order valence-electron chi connectivity index (χ4n) is 2.66. The molecule has 0 spiro atoms. The van der Waals surface area contributed by atoms with Crippen LogP contribution in [0, 0.1) is 6.92 Å². The van der Waals surface area contributed by atoms with Crippen LogP contribution < -0.4 is 10.2 Å². The van der Waals surface area contributed by atoms with E-state index >= 15 is 0 Å². The molecule has 5 nitrogen and oxygen atoms in total. The Kier molecular flexibility index (Phi) is 4.80. The molecule has 0 atom stereocenters. The van der Waals surface area contributed by atoms with Crippen LogP contribution in [0.5, 0.6) is 0 Å². The molecule has 0 bridgehead atoms. The molecular formula is C17H20F3N5. The molecule has 2 aromatic rings. The first-order chi connectivity index (χ1) is 11.8. The molecule has 1 aromatic heterocycles. The molecule has 2 heterocycles. The minimum absolute atomic E-state index is 0.551. The van der Waals surface area contributed by atoms with Crippen molar-refractivity contribution in [2.75, 3.05) is 43.4 Å². The van der Waals surface area contributed by atoms with Gasteiger partial charge in [0.05, 0.1) is 5.56 Å². The number of aromatic nitrogens is 2. The number of anilines is 3. The van der Waals surface area contributed by atoms with Crippen LogP contribution in [-0.2, 0) is 6.18 Å². The Bertz CT molecular complexity index is 722. The number of alkyl halides is 3. The first-order valence-corrected chi connectivity index (χ1v) is 8.05. The molecule has 0 unspecified atom stereocenters. The van der Waals surface area contributed by atoms with Crippen LogP contribution in [0.25, 0.3) is 0 Å². The third kappa shape index (κ3) is 4.39. The van der Waals surface area contributed by atoms with E-state index in [4.69, 9.17) is 0 Å². The van der Waals surface area contributed by atoms with Crippen molar-refractivity contribution < 1.29 is 13.2 Å². The van der Waals surface area contributed by atoms with Gasteiger partial charge in [-0.15, -0.1) is 0 Å². The van der Waals surface area contributed by atoms with Gasteiger partial charge < -0.3 is 15.1 Å². The van der Waals surface area contributed by atoms with Gasteiger partial charge in [-0.3, -0.25) is 0 Å². The van der Waals surface area contributed by atoms with Gasteiger partial charge >= 0.3 is 6.18 Å². The summed E-state index contributed by atoms with van der Waals surface area (Å²) in [5.74, 6) is 1.21. The lowest BCUT2D eigenvalue weighted by Gasteiger charge is -2.32. The Morgan fingerprint density at radius 1 is 1.00 bits per heavy atom. The van der Waals surface area contributed by atoms with Crippen molar-refractivity contribution >= 4 is 17.5 Å². The molecule has 1 fully saturated rings. The van der Waals surface area contributed by atoms with Gasteiger partial charge in [0.25, 0.3) is 0 Å². The third-order valence-corrected chi connectivity index (χ3v) is 4.11. The number of hydrogen-bond acceptors (Lipinski definition) is 5. The SMILES string of the molecule is Cc1cc(Nc2ccc(C(F)(F)F)cc2)nc(N2CCN(C)CC2)n1. The van der Waals surface area contributed by atoms with Crippen LogP contribution in [0.3, 0.4) is 0 Å². The van der Waals surface area contributed by atoms with Gasteiger partial charge in [0.2, 0.25) is 5.95 Å². The molecule has 1 aliphatic heterocycles. The Hall–Kier alpha value is -2.35. The summed E-state index contributed by atoms with van der Waals surface area (Å²) < 4.78 is 37.9. The second-order valence-electron chi connectivity index (χ2n) is 6.18. The van der Waals surface area contributed by atoms with Crippen LogP contribution in [0.15, 0.2) is 30.3 Å². The van der Waals surface area contributed by atoms with Gasteiger partial charge in [-0.05, 0) is 38.2 Å². The van der Waals surface area contributed by atoms with E-state index in [1.807, 2.05) is 6.92 Å². The summed E-state index contributed by atoms with van der Waals surface area (Å²) in [6.07, 6.45) is -4.33. The number of hydrogen-bond donors (Lipinski definition) is 1. The van der Waals surface area contributed by atoms with Gasteiger partial charge in [-0.25, -0.2) is 4.98 Å². The van der Waals surface area contributed by atoms with E-state index in [9.17, 15) is 13.2 Å². The molecule has 25 heavy (non-hydrogen) atoms. The monoisotopic (exact) mass is 351 g/mol. The van der Waals surface area contributed by atoms with Crippen molar-refractivity contribution in [1.82, 2.24) is 14.9 Å². The highest BCUT2D eigenvalue weighted by Crippen LogP contribution is 2.30. The summed E-state index contributed by atoms with van der Waals surface area (Å²) >= 11 is 0. The van der Waals surface area contributed by atoms with Gasteiger partial charge in [0, 0.05) is 43.6 Å². The summed E-state index contributed by atoms with van der Waals surface area (Å²) in [7, 11) is 2.08. The summed E-state index contributed by atoms with van der Waals surface area (Å²) in [6.45, 7) is 5.45. The Morgan fingerprint density at radius 3 is 2.24 bits per heavy atom. The largest absolute Gasteiger partial charge is 0.416 e. The van der Waals surface area contributed by atoms with E-state index in [0.717, 1.165) is 44.0 Å². The molecule has 0 aliphatic carbocycles. The average molecular weight is 351 g/mol. The second kappa shape index (κ2) is 6.87. The molecule has 1 N–H and O–H groups in total. The standard InChI is InChI=1S/C17H20F3N5/c1-12-11-15(22-14-5-3-13(4-6-14)17(18,19)20)23-16(21-12)25-9-7-24(2)8-10-25/h3-6,11H,7-10H2,1-2H3,(H,21,22,23). The van der Waals surface area contributed by atoms with E-state index in [1.165, 1.54) is 12.1 Å². The van der Waals surface area contributed by atoms with Crippen molar-refractivity contribution in [2.45, 2.75) is 13.1 Å². The second-order valence-corrected chi connectivity index (χ2v) is 6.18. The molecule has 0 radical (unpaired) electrons. The zero-order valence-corrected chi connectivity index (χ0v) is 14.1. The third-order valence-electron chi connectivity index (χ3n) is 4.11. The van der Waals surface area contributed by atoms with E-state index in [-0.39, 0.29) is 0 Å². The number of aryl methyl sites for hydroxylation is 1. The minimum atomic E-state index is -4.33. The predicted octanol–water partition coefficient (Wildman–Crippen LogP) is 3.30. The molecule has 1 saturated heterocycles. The van der Waals surface area contributed by atoms with Gasteiger partial charge in [-0.1, -0.05) is 0 Å². The highest BCUT2D eigenvalue weighted by atomic mass is 19.4. The Labute approximate surface area is 144 Å². The first-order valence-electron chi connectivity index (χ1n) is 8.05. The fourth-order valence-corrected chi connectivity index (χ4v) is 2.66. The smallest absolute Gasteiger partial charge is 0.340 e. The highest BCUT2D eigenvalue weighted by Gasteiger charge is 2.29. The molecule has 0 amide bonds. The molecule has 3 rings (SSSR count). The van der Waals surface area contributed by atoms with Crippen LogP contribution in [0.1, 0.15) is 11.3 Å². The van der Waals surface area contributed by atoms with E-state index in [0.29, 0.717) is 17.5 Å². The normalized spacial score (nSPS) is 16.1. The Morgan fingerprint density at radius 2 is 1.64 bits per heavy atom. The Balaban J connectivity index is 1.76. The number of nitrogens with one attached hydrogen (secondary N) is 1. The molecule has 134 valence electrons. The van der Waals surface area contributed by atoms with Crippen LogP contribution in [0.4, 0.5) is 30.6 Å². The molecule has 8 heteroatoms. The fraction of sp³-hybridized carbons (Fsp3) is 0.412. The van der Waals surface area contributed by atoms with Crippen LogP contribution in [0.2, 0.25) is 0 Å². The van der Waals surface area contributed by atoms with Gasteiger partial charge in [-0.2, -0.15) is 18.2 Å². The molecule has 0 saturated carbocycles. The van der Waals surface area contributed by atoms with E-state index < -0.39 is 11.7 Å². The van der Waals surface area contributed by atoms with Gasteiger partial charge in [0.15, 0.2) is 0 Å². The van der Waals surface area contributed by atoms with Crippen molar-refractivity contribution in [3.63, 3.8) is 0 Å². The highest BCUT2D eigenvalue weighted by molar-refractivity contribution is 5.58. The quantitative estimate of drug-likeness (QED) is 0.919. The number of benzene rings is 1. The predicted molar refractivity (Wildman–Crippen MR) is 91.2 cm³/mol. The van der Waals surface area contributed by atoms with Crippen molar-refractivity contribution in [2.24, 2.45) is 0 Å². The number of piperazine rings is 1. The lowest BCUT2D eigenvalue weighted by molar-refractivity contribution is -0.137. The maximum atomic E-state index is 12.6. The average Bonchev–Trinajstić information content (AvgIpc) is 2.54. The zero-order valence-electron chi connectivity index (χ0n) is 14.1. The first kappa shape index (κ1) is 17.5. The summed E-state index contributed by atoms with van der Waals surface area (Å²) in [5.41, 5.74) is 0.684. The minimum Gasteiger partial charge on any atom is -0.340 e. The van der Waals surface area contributed by atoms with Crippen LogP contribution >= 0.6 is 0 Å². The topological polar surface area (TPSA) is 44.3 Å². The number of rotatable bonds is 3. The summed E-state index contributed by atoms with van der Waals surface area (Å²) in [6, 6.07) is 6.68. The van der Waals surface area contributed by atoms with E-state index in [2.05, 4.69) is 32.1 Å². The summed E-state index contributed by atoms with van der Waals surface area (Å²) in [4.78, 5) is 13.3. The number of nitrogens with zero attached hydrogens (tertiary/aromatic N) is 4. The zero-order chi connectivity index (χ0) is 18.0. The van der Waals surface area contributed by atoms with Gasteiger partial charge in [0.1, 0.15) is 5.82 Å². The number of likely N-dealkylation sites (N-methyl/N-ethyl adjacent to an activating group) is 1.